The Bertz CT molecular complexity index is 565. The number of hydrogen-bond donors (Lipinski definition) is 1. The first kappa shape index (κ1) is 12.6. The lowest BCUT2D eigenvalue weighted by Gasteiger charge is -2.20. The van der Waals surface area contributed by atoms with E-state index in [0.29, 0.717) is 17.6 Å². The molecule has 0 radical (unpaired) electrons. The third-order valence-corrected chi connectivity index (χ3v) is 5.21. The number of nitrogens with one attached hydrogen (secondary N) is 1. The van der Waals surface area contributed by atoms with E-state index >= 15 is 0 Å². The molecule has 3 nitrogen and oxygen atoms in total. The van der Waals surface area contributed by atoms with Gasteiger partial charge in [-0.05, 0) is 56.6 Å². The maximum absolute atomic E-state index is 12.9. The van der Waals surface area contributed by atoms with Gasteiger partial charge in [-0.2, -0.15) is 0 Å². The molecular formula is C17H24N2O. The lowest BCUT2D eigenvalue weighted by Crippen LogP contribution is -2.32. The first-order valence-corrected chi connectivity index (χ1v) is 8.32. The first-order chi connectivity index (χ1) is 9.83. The van der Waals surface area contributed by atoms with Crippen molar-refractivity contribution in [2.24, 2.45) is 0 Å². The standard InChI is InChI=1S/C17H24N2O/c20-17-13(11-18-14-8-9-14)10-12-4-3-7-16(12)19(17)15-5-1-2-6-15/h10,14-15,18H,1-9,11H2. The molecule has 0 saturated heterocycles. The van der Waals surface area contributed by atoms with E-state index in [4.69, 9.17) is 0 Å². The molecule has 0 aromatic carbocycles. The zero-order valence-corrected chi connectivity index (χ0v) is 12.2. The van der Waals surface area contributed by atoms with Crippen LogP contribution in [0.5, 0.6) is 0 Å². The minimum atomic E-state index is 0.297. The van der Waals surface area contributed by atoms with Crippen LogP contribution >= 0.6 is 0 Å². The molecule has 3 aliphatic carbocycles. The van der Waals surface area contributed by atoms with Gasteiger partial charge in [0.25, 0.3) is 5.56 Å². The van der Waals surface area contributed by atoms with Crippen molar-refractivity contribution in [1.29, 1.82) is 0 Å². The SMILES string of the molecule is O=c1c(CNC2CC2)cc2c(n1C1CCCC1)CCC2. The molecule has 3 aliphatic rings. The zero-order valence-electron chi connectivity index (χ0n) is 12.2. The summed E-state index contributed by atoms with van der Waals surface area (Å²) in [5.41, 5.74) is 4.11. The Hall–Kier alpha value is -1.09. The molecule has 2 saturated carbocycles. The molecule has 1 N–H and O–H groups in total. The Labute approximate surface area is 120 Å². The van der Waals surface area contributed by atoms with Gasteiger partial charge in [-0.15, -0.1) is 0 Å². The second-order valence-electron chi connectivity index (χ2n) is 6.76. The maximum Gasteiger partial charge on any atom is 0.255 e. The fourth-order valence-electron chi connectivity index (χ4n) is 3.95. The number of rotatable bonds is 4. The molecule has 0 bridgehead atoms. The summed E-state index contributed by atoms with van der Waals surface area (Å²) < 4.78 is 2.19. The minimum absolute atomic E-state index is 0.297. The van der Waals surface area contributed by atoms with Crippen molar-refractivity contribution in [1.82, 2.24) is 9.88 Å². The summed E-state index contributed by atoms with van der Waals surface area (Å²) in [7, 11) is 0. The van der Waals surface area contributed by atoms with Crippen LogP contribution in [0.15, 0.2) is 10.9 Å². The van der Waals surface area contributed by atoms with Crippen LogP contribution in [0.25, 0.3) is 0 Å². The summed E-state index contributed by atoms with van der Waals surface area (Å²) >= 11 is 0. The van der Waals surface area contributed by atoms with Gasteiger partial charge in [-0.1, -0.05) is 12.8 Å². The molecule has 0 amide bonds. The number of aromatic nitrogens is 1. The van der Waals surface area contributed by atoms with Gasteiger partial charge in [-0.3, -0.25) is 4.79 Å². The summed E-state index contributed by atoms with van der Waals surface area (Å²) in [4.78, 5) is 12.9. The van der Waals surface area contributed by atoms with Crippen molar-refractivity contribution in [2.45, 2.75) is 76.4 Å². The highest BCUT2D eigenvalue weighted by Gasteiger charge is 2.27. The van der Waals surface area contributed by atoms with Crippen LogP contribution in [0, 0.1) is 0 Å². The van der Waals surface area contributed by atoms with E-state index in [1.54, 1.807) is 0 Å². The van der Waals surface area contributed by atoms with Gasteiger partial charge >= 0.3 is 0 Å². The number of nitrogens with zero attached hydrogens (tertiary/aromatic N) is 1. The van der Waals surface area contributed by atoms with Crippen LogP contribution in [0.4, 0.5) is 0 Å². The third kappa shape index (κ3) is 2.22. The Kier molecular flexibility index (Phi) is 3.18. The van der Waals surface area contributed by atoms with Crippen LogP contribution in [0.3, 0.4) is 0 Å². The second-order valence-corrected chi connectivity index (χ2v) is 6.76. The molecular weight excluding hydrogens is 248 g/mol. The van der Waals surface area contributed by atoms with Gasteiger partial charge in [0.05, 0.1) is 0 Å². The van der Waals surface area contributed by atoms with Gasteiger partial charge in [-0.25, -0.2) is 0 Å². The Balaban J connectivity index is 1.72. The molecule has 1 aromatic heterocycles. The van der Waals surface area contributed by atoms with E-state index < -0.39 is 0 Å². The molecule has 3 heteroatoms. The van der Waals surface area contributed by atoms with Gasteiger partial charge in [0.15, 0.2) is 0 Å². The van der Waals surface area contributed by atoms with Crippen LogP contribution in [-0.2, 0) is 19.4 Å². The van der Waals surface area contributed by atoms with E-state index in [1.807, 2.05) is 0 Å². The van der Waals surface area contributed by atoms with Crippen molar-refractivity contribution in [3.8, 4) is 0 Å². The molecule has 0 aliphatic heterocycles. The van der Waals surface area contributed by atoms with E-state index in [-0.39, 0.29) is 0 Å². The quantitative estimate of drug-likeness (QED) is 0.914. The van der Waals surface area contributed by atoms with E-state index in [1.165, 1.54) is 62.6 Å². The summed E-state index contributed by atoms with van der Waals surface area (Å²) in [5, 5.41) is 3.51. The molecule has 0 spiro atoms. The molecule has 1 heterocycles. The van der Waals surface area contributed by atoms with Crippen LogP contribution < -0.4 is 10.9 Å². The first-order valence-electron chi connectivity index (χ1n) is 8.32. The molecule has 0 atom stereocenters. The molecule has 1 aromatic rings. The molecule has 0 unspecified atom stereocenters. The van der Waals surface area contributed by atoms with Gasteiger partial charge < -0.3 is 9.88 Å². The number of aryl methyl sites for hydroxylation is 1. The van der Waals surface area contributed by atoms with E-state index in [2.05, 4.69) is 16.0 Å². The highest BCUT2D eigenvalue weighted by molar-refractivity contribution is 5.31. The molecule has 108 valence electrons. The number of fused-ring (bicyclic) bond motifs is 1. The highest BCUT2D eigenvalue weighted by atomic mass is 16.1. The lowest BCUT2D eigenvalue weighted by molar-refractivity contribution is 0.480. The Morgan fingerprint density at radius 1 is 1.10 bits per heavy atom. The predicted octanol–water partition coefficient (Wildman–Crippen LogP) is 2.70. The second kappa shape index (κ2) is 5.03. The zero-order chi connectivity index (χ0) is 13.5. The van der Waals surface area contributed by atoms with Crippen molar-refractivity contribution in [3.05, 3.63) is 33.2 Å². The average Bonchev–Trinajstić information content (AvgIpc) is 2.93. The predicted molar refractivity (Wildman–Crippen MR) is 80.1 cm³/mol. The topological polar surface area (TPSA) is 34.0 Å². The van der Waals surface area contributed by atoms with Gasteiger partial charge in [0.2, 0.25) is 0 Å². The van der Waals surface area contributed by atoms with Crippen LogP contribution in [-0.4, -0.2) is 10.6 Å². The molecule has 2 fully saturated rings. The molecule has 20 heavy (non-hydrogen) atoms. The third-order valence-electron chi connectivity index (χ3n) is 5.21. The van der Waals surface area contributed by atoms with Crippen molar-refractivity contribution in [3.63, 3.8) is 0 Å². The van der Waals surface area contributed by atoms with Crippen LogP contribution in [0.2, 0.25) is 0 Å². The van der Waals surface area contributed by atoms with Crippen molar-refractivity contribution >= 4 is 0 Å². The van der Waals surface area contributed by atoms with Gasteiger partial charge in [0.1, 0.15) is 0 Å². The Morgan fingerprint density at radius 2 is 1.90 bits per heavy atom. The Morgan fingerprint density at radius 3 is 2.65 bits per heavy atom. The van der Waals surface area contributed by atoms with E-state index in [0.717, 1.165) is 18.5 Å². The van der Waals surface area contributed by atoms with Gasteiger partial charge in [0, 0.05) is 29.9 Å². The van der Waals surface area contributed by atoms with Crippen molar-refractivity contribution < 1.29 is 0 Å². The summed E-state index contributed by atoms with van der Waals surface area (Å²) in [5.74, 6) is 0. The number of hydrogen-bond acceptors (Lipinski definition) is 2. The number of pyridine rings is 1. The van der Waals surface area contributed by atoms with Crippen LogP contribution in [0.1, 0.15) is 67.8 Å². The fraction of sp³-hybridized carbons (Fsp3) is 0.706. The highest BCUT2D eigenvalue weighted by Crippen LogP contribution is 2.32. The summed E-state index contributed by atoms with van der Waals surface area (Å²) in [6.45, 7) is 0.767. The summed E-state index contributed by atoms with van der Waals surface area (Å²) in [6, 6.07) is 3.35. The van der Waals surface area contributed by atoms with Crippen molar-refractivity contribution in [2.75, 3.05) is 0 Å². The average molecular weight is 272 g/mol. The lowest BCUT2D eigenvalue weighted by atomic mass is 10.1. The van der Waals surface area contributed by atoms with E-state index in [9.17, 15) is 4.79 Å². The fourth-order valence-corrected chi connectivity index (χ4v) is 3.95. The maximum atomic E-state index is 12.9. The largest absolute Gasteiger partial charge is 0.310 e. The normalized spacial score (nSPS) is 22.4. The smallest absolute Gasteiger partial charge is 0.255 e. The monoisotopic (exact) mass is 272 g/mol. The molecule has 4 rings (SSSR count). The minimum Gasteiger partial charge on any atom is -0.310 e. The summed E-state index contributed by atoms with van der Waals surface area (Å²) in [6.07, 6.45) is 11.0.